The molecule has 1 amide bonds. The van der Waals surface area contributed by atoms with Gasteiger partial charge in [0, 0.05) is 26.6 Å². The number of fused-ring (bicyclic) bond motifs is 1. The van der Waals surface area contributed by atoms with Gasteiger partial charge >= 0.3 is 0 Å². The predicted octanol–water partition coefficient (Wildman–Crippen LogP) is 2.22. The van der Waals surface area contributed by atoms with E-state index >= 15 is 0 Å². The number of rotatable bonds is 5. The molecule has 2 rings (SSSR count). The molecule has 1 aromatic rings. The highest BCUT2D eigenvalue weighted by atomic mass is 16.5. The molecule has 1 aromatic carbocycles. The molecule has 0 bridgehead atoms. The molecule has 0 spiro atoms. The van der Waals surface area contributed by atoms with Crippen molar-refractivity contribution >= 4 is 5.91 Å². The number of amides is 1. The lowest BCUT2D eigenvalue weighted by molar-refractivity contribution is -0.132. The van der Waals surface area contributed by atoms with Crippen molar-refractivity contribution in [1.29, 1.82) is 0 Å². The van der Waals surface area contributed by atoms with Gasteiger partial charge < -0.3 is 15.4 Å². The first kappa shape index (κ1) is 15.0. The molecule has 1 aliphatic heterocycles. The molecule has 1 atom stereocenters. The average Bonchev–Trinajstić information content (AvgIpc) is 2.81. The Labute approximate surface area is 120 Å². The van der Waals surface area contributed by atoms with Crippen LogP contribution in [0.15, 0.2) is 18.2 Å². The summed E-state index contributed by atoms with van der Waals surface area (Å²) >= 11 is 0. The SMILES string of the molecule is COCC(N)c1ccc2c(c1)CN(C(=O)CC(C)C)C2. The van der Waals surface area contributed by atoms with Crippen LogP contribution in [-0.2, 0) is 22.6 Å². The zero-order valence-electron chi connectivity index (χ0n) is 12.6. The van der Waals surface area contributed by atoms with Crippen LogP contribution < -0.4 is 5.73 Å². The fourth-order valence-electron chi connectivity index (χ4n) is 2.58. The number of hydrogen-bond donors (Lipinski definition) is 1. The second kappa shape index (κ2) is 6.37. The van der Waals surface area contributed by atoms with Gasteiger partial charge in [-0.1, -0.05) is 32.0 Å². The summed E-state index contributed by atoms with van der Waals surface area (Å²) in [4.78, 5) is 14.1. The summed E-state index contributed by atoms with van der Waals surface area (Å²) in [6.45, 7) is 6.08. The van der Waals surface area contributed by atoms with Gasteiger partial charge in [0.05, 0.1) is 12.6 Å². The van der Waals surface area contributed by atoms with Crippen LogP contribution in [0.5, 0.6) is 0 Å². The average molecular weight is 276 g/mol. The first-order valence-corrected chi connectivity index (χ1v) is 7.15. The number of nitrogens with two attached hydrogens (primary N) is 1. The Morgan fingerprint density at radius 3 is 2.70 bits per heavy atom. The Hall–Kier alpha value is -1.39. The summed E-state index contributed by atoms with van der Waals surface area (Å²) in [5.74, 6) is 0.635. The van der Waals surface area contributed by atoms with Crippen molar-refractivity contribution in [2.75, 3.05) is 13.7 Å². The summed E-state index contributed by atoms with van der Waals surface area (Å²) in [5.41, 5.74) is 9.57. The van der Waals surface area contributed by atoms with Gasteiger partial charge in [-0.05, 0) is 22.6 Å². The number of nitrogens with zero attached hydrogens (tertiary/aromatic N) is 1. The van der Waals surface area contributed by atoms with Crippen molar-refractivity contribution in [2.45, 2.75) is 39.4 Å². The molecule has 2 N–H and O–H groups in total. The normalized spacial score (nSPS) is 15.6. The maximum Gasteiger partial charge on any atom is 0.223 e. The lowest BCUT2D eigenvalue weighted by Gasteiger charge is -2.16. The standard InChI is InChI=1S/C16H24N2O2/c1-11(2)6-16(19)18-8-13-5-4-12(7-14(13)9-18)15(17)10-20-3/h4-5,7,11,15H,6,8-10,17H2,1-3H3. The van der Waals surface area contributed by atoms with Gasteiger partial charge in [-0.25, -0.2) is 0 Å². The van der Waals surface area contributed by atoms with Gasteiger partial charge in [0.2, 0.25) is 5.91 Å². The molecule has 4 nitrogen and oxygen atoms in total. The van der Waals surface area contributed by atoms with Crippen molar-refractivity contribution in [3.05, 3.63) is 34.9 Å². The summed E-state index contributed by atoms with van der Waals surface area (Å²) in [6, 6.07) is 6.13. The summed E-state index contributed by atoms with van der Waals surface area (Å²) in [5, 5.41) is 0. The van der Waals surface area contributed by atoms with E-state index in [0.29, 0.717) is 25.5 Å². The number of methoxy groups -OCH3 is 1. The smallest absolute Gasteiger partial charge is 0.223 e. The van der Waals surface area contributed by atoms with Crippen molar-refractivity contribution in [2.24, 2.45) is 11.7 Å². The van der Waals surface area contributed by atoms with E-state index in [9.17, 15) is 4.79 Å². The molecular weight excluding hydrogens is 252 g/mol. The monoisotopic (exact) mass is 276 g/mol. The molecule has 1 unspecified atom stereocenters. The fraction of sp³-hybridized carbons (Fsp3) is 0.562. The number of ether oxygens (including phenoxy) is 1. The van der Waals surface area contributed by atoms with E-state index < -0.39 is 0 Å². The Kier molecular flexibility index (Phi) is 4.78. The zero-order valence-corrected chi connectivity index (χ0v) is 12.6. The highest BCUT2D eigenvalue weighted by molar-refractivity contribution is 5.77. The van der Waals surface area contributed by atoms with E-state index in [-0.39, 0.29) is 11.9 Å². The van der Waals surface area contributed by atoms with Crippen LogP contribution in [0.4, 0.5) is 0 Å². The molecule has 0 radical (unpaired) electrons. The lowest BCUT2D eigenvalue weighted by Crippen LogP contribution is -2.26. The third kappa shape index (κ3) is 3.38. The number of hydrogen-bond acceptors (Lipinski definition) is 3. The second-order valence-electron chi connectivity index (χ2n) is 5.94. The Morgan fingerprint density at radius 2 is 2.05 bits per heavy atom. The summed E-state index contributed by atoms with van der Waals surface area (Å²) in [7, 11) is 1.65. The largest absolute Gasteiger partial charge is 0.383 e. The Morgan fingerprint density at radius 1 is 1.35 bits per heavy atom. The minimum absolute atomic E-state index is 0.106. The number of carbonyl (C=O) groups is 1. The van der Waals surface area contributed by atoms with Gasteiger partial charge in [0.15, 0.2) is 0 Å². The third-order valence-corrected chi connectivity index (χ3v) is 3.66. The van der Waals surface area contributed by atoms with E-state index in [1.165, 1.54) is 11.1 Å². The van der Waals surface area contributed by atoms with E-state index in [1.807, 2.05) is 11.0 Å². The molecule has 20 heavy (non-hydrogen) atoms. The molecule has 0 aromatic heterocycles. The molecule has 0 fully saturated rings. The van der Waals surface area contributed by atoms with Crippen molar-refractivity contribution in [3.8, 4) is 0 Å². The van der Waals surface area contributed by atoms with Gasteiger partial charge in [-0.2, -0.15) is 0 Å². The number of benzene rings is 1. The number of carbonyl (C=O) groups excluding carboxylic acids is 1. The summed E-state index contributed by atoms with van der Waals surface area (Å²) in [6.07, 6.45) is 0.615. The summed E-state index contributed by atoms with van der Waals surface area (Å²) < 4.78 is 5.09. The second-order valence-corrected chi connectivity index (χ2v) is 5.94. The van der Waals surface area contributed by atoms with Crippen LogP contribution in [0.1, 0.15) is 43.0 Å². The van der Waals surface area contributed by atoms with Crippen LogP contribution in [0.25, 0.3) is 0 Å². The Bertz CT molecular complexity index is 485. The minimum atomic E-state index is -0.106. The topological polar surface area (TPSA) is 55.6 Å². The Balaban J connectivity index is 2.07. The van der Waals surface area contributed by atoms with E-state index in [1.54, 1.807) is 7.11 Å². The highest BCUT2D eigenvalue weighted by Crippen LogP contribution is 2.26. The lowest BCUT2D eigenvalue weighted by atomic mass is 10.0. The first-order valence-electron chi connectivity index (χ1n) is 7.15. The van der Waals surface area contributed by atoms with E-state index in [0.717, 1.165) is 12.1 Å². The molecule has 4 heteroatoms. The minimum Gasteiger partial charge on any atom is -0.383 e. The maximum absolute atomic E-state index is 12.1. The molecular formula is C16H24N2O2. The van der Waals surface area contributed by atoms with Crippen LogP contribution in [-0.4, -0.2) is 24.5 Å². The van der Waals surface area contributed by atoms with Crippen molar-refractivity contribution < 1.29 is 9.53 Å². The van der Waals surface area contributed by atoms with E-state index in [4.69, 9.17) is 10.5 Å². The third-order valence-electron chi connectivity index (χ3n) is 3.66. The van der Waals surface area contributed by atoms with Crippen molar-refractivity contribution in [1.82, 2.24) is 4.90 Å². The molecule has 0 saturated heterocycles. The maximum atomic E-state index is 12.1. The quantitative estimate of drug-likeness (QED) is 0.897. The van der Waals surface area contributed by atoms with Crippen LogP contribution >= 0.6 is 0 Å². The molecule has 1 aliphatic rings. The predicted molar refractivity (Wildman–Crippen MR) is 79.0 cm³/mol. The fourth-order valence-corrected chi connectivity index (χ4v) is 2.58. The molecule has 0 saturated carbocycles. The first-order chi connectivity index (χ1) is 9.51. The van der Waals surface area contributed by atoms with Crippen LogP contribution in [0, 0.1) is 5.92 Å². The van der Waals surface area contributed by atoms with Gasteiger partial charge in [-0.3, -0.25) is 4.79 Å². The molecule has 0 aliphatic carbocycles. The van der Waals surface area contributed by atoms with Gasteiger partial charge in [-0.15, -0.1) is 0 Å². The van der Waals surface area contributed by atoms with Gasteiger partial charge in [0.1, 0.15) is 0 Å². The van der Waals surface area contributed by atoms with Crippen LogP contribution in [0.3, 0.4) is 0 Å². The van der Waals surface area contributed by atoms with Crippen molar-refractivity contribution in [3.63, 3.8) is 0 Å². The van der Waals surface area contributed by atoms with Gasteiger partial charge in [0.25, 0.3) is 0 Å². The van der Waals surface area contributed by atoms with Crippen LogP contribution in [0.2, 0.25) is 0 Å². The highest BCUT2D eigenvalue weighted by Gasteiger charge is 2.24. The van der Waals surface area contributed by atoms with E-state index in [2.05, 4.69) is 26.0 Å². The molecule has 1 heterocycles. The zero-order chi connectivity index (χ0) is 14.7. The molecule has 110 valence electrons.